The molecule has 0 aliphatic carbocycles. The quantitative estimate of drug-likeness (QED) is 0.867. The Morgan fingerprint density at radius 3 is 2.56 bits per heavy atom. The first-order valence-electron chi connectivity index (χ1n) is 6.43. The van der Waals surface area contributed by atoms with Crippen LogP contribution in [0.2, 0.25) is 0 Å². The summed E-state index contributed by atoms with van der Waals surface area (Å²) >= 11 is 0. The van der Waals surface area contributed by atoms with Crippen molar-refractivity contribution in [1.82, 2.24) is 10.2 Å². The van der Waals surface area contributed by atoms with Crippen molar-refractivity contribution in [2.24, 2.45) is 0 Å². The van der Waals surface area contributed by atoms with Crippen LogP contribution in [0.15, 0.2) is 18.2 Å². The highest BCUT2D eigenvalue weighted by Crippen LogP contribution is 2.12. The van der Waals surface area contributed by atoms with Crippen LogP contribution in [0.25, 0.3) is 0 Å². The normalized spacial score (nSPS) is 10.8. The SMILES string of the molecule is Cc1ccc(CN(C)C(=O)CNC(C)C)c(C)c1. The van der Waals surface area contributed by atoms with E-state index in [0.29, 0.717) is 19.1 Å². The van der Waals surface area contributed by atoms with E-state index < -0.39 is 0 Å². The summed E-state index contributed by atoms with van der Waals surface area (Å²) in [6.07, 6.45) is 0. The number of amides is 1. The Bertz CT molecular complexity index is 413. The van der Waals surface area contributed by atoms with Gasteiger partial charge in [-0.1, -0.05) is 37.6 Å². The highest BCUT2D eigenvalue weighted by molar-refractivity contribution is 5.78. The number of benzene rings is 1. The van der Waals surface area contributed by atoms with Crippen molar-refractivity contribution >= 4 is 5.91 Å². The van der Waals surface area contributed by atoms with Crippen molar-refractivity contribution in [3.05, 3.63) is 34.9 Å². The van der Waals surface area contributed by atoms with E-state index in [9.17, 15) is 4.79 Å². The predicted molar refractivity (Wildman–Crippen MR) is 75.5 cm³/mol. The molecule has 0 aliphatic heterocycles. The van der Waals surface area contributed by atoms with Crippen LogP contribution in [0, 0.1) is 13.8 Å². The smallest absolute Gasteiger partial charge is 0.236 e. The molecule has 0 saturated carbocycles. The number of carbonyl (C=O) groups is 1. The number of hydrogen-bond donors (Lipinski definition) is 1. The summed E-state index contributed by atoms with van der Waals surface area (Å²) in [6, 6.07) is 6.68. The fourth-order valence-corrected chi connectivity index (χ4v) is 1.79. The molecule has 1 aromatic carbocycles. The topological polar surface area (TPSA) is 32.3 Å². The van der Waals surface area contributed by atoms with Gasteiger partial charge in [0.25, 0.3) is 0 Å². The van der Waals surface area contributed by atoms with E-state index in [1.54, 1.807) is 4.90 Å². The van der Waals surface area contributed by atoms with Crippen molar-refractivity contribution in [3.63, 3.8) is 0 Å². The van der Waals surface area contributed by atoms with Gasteiger partial charge in [-0.15, -0.1) is 0 Å². The van der Waals surface area contributed by atoms with E-state index in [2.05, 4.69) is 37.4 Å². The minimum atomic E-state index is 0.128. The summed E-state index contributed by atoms with van der Waals surface area (Å²) in [5.41, 5.74) is 3.71. The lowest BCUT2D eigenvalue weighted by atomic mass is 10.1. The van der Waals surface area contributed by atoms with Crippen LogP contribution in [0.1, 0.15) is 30.5 Å². The second-order valence-electron chi connectivity index (χ2n) is 5.22. The average molecular weight is 248 g/mol. The molecule has 0 aromatic heterocycles. The minimum absolute atomic E-state index is 0.128. The van der Waals surface area contributed by atoms with E-state index in [1.165, 1.54) is 16.7 Å². The third kappa shape index (κ3) is 4.49. The van der Waals surface area contributed by atoms with E-state index in [-0.39, 0.29) is 5.91 Å². The van der Waals surface area contributed by atoms with Crippen molar-refractivity contribution in [2.75, 3.05) is 13.6 Å². The Labute approximate surface area is 110 Å². The standard InChI is InChI=1S/C15H24N2O/c1-11(2)16-9-15(18)17(5)10-14-7-6-12(3)8-13(14)4/h6-8,11,16H,9-10H2,1-5H3. The first kappa shape index (κ1) is 14.7. The van der Waals surface area contributed by atoms with Gasteiger partial charge in [0.15, 0.2) is 0 Å². The number of carbonyl (C=O) groups excluding carboxylic acids is 1. The fraction of sp³-hybridized carbons (Fsp3) is 0.533. The van der Waals surface area contributed by atoms with Crippen LogP contribution in [0.5, 0.6) is 0 Å². The van der Waals surface area contributed by atoms with Gasteiger partial charge in [-0.2, -0.15) is 0 Å². The molecule has 18 heavy (non-hydrogen) atoms. The van der Waals surface area contributed by atoms with Gasteiger partial charge in [0.2, 0.25) is 5.91 Å². The molecule has 1 N–H and O–H groups in total. The van der Waals surface area contributed by atoms with Crippen LogP contribution >= 0.6 is 0 Å². The van der Waals surface area contributed by atoms with Gasteiger partial charge < -0.3 is 10.2 Å². The average Bonchev–Trinajstić information content (AvgIpc) is 2.29. The molecule has 1 aromatic rings. The highest BCUT2D eigenvalue weighted by atomic mass is 16.2. The fourth-order valence-electron chi connectivity index (χ4n) is 1.79. The largest absolute Gasteiger partial charge is 0.340 e. The molecular formula is C15H24N2O. The molecule has 0 radical (unpaired) electrons. The maximum atomic E-state index is 11.9. The third-order valence-electron chi connectivity index (χ3n) is 2.99. The Hall–Kier alpha value is -1.35. The minimum Gasteiger partial charge on any atom is -0.340 e. The van der Waals surface area contributed by atoms with E-state index >= 15 is 0 Å². The number of nitrogens with one attached hydrogen (secondary N) is 1. The monoisotopic (exact) mass is 248 g/mol. The van der Waals surface area contributed by atoms with Crippen molar-refractivity contribution < 1.29 is 4.79 Å². The third-order valence-corrected chi connectivity index (χ3v) is 2.99. The van der Waals surface area contributed by atoms with Gasteiger partial charge in [-0.05, 0) is 25.0 Å². The number of likely N-dealkylation sites (N-methyl/N-ethyl adjacent to an activating group) is 1. The van der Waals surface area contributed by atoms with Crippen molar-refractivity contribution in [3.8, 4) is 0 Å². The maximum Gasteiger partial charge on any atom is 0.236 e. The lowest BCUT2D eigenvalue weighted by Crippen LogP contribution is -2.37. The van der Waals surface area contributed by atoms with E-state index in [1.807, 2.05) is 20.9 Å². The van der Waals surface area contributed by atoms with Crippen molar-refractivity contribution in [2.45, 2.75) is 40.3 Å². The summed E-state index contributed by atoms with van der Waals surface area (Å²) in [5.74, 6) is 0.128. The molecule has 100 valence electrons. The molecule has 0 unspecified atom stereocenters. The Balaban J connectivity index is 2.58. The molecule has 0 heterocycles. The number of hydrogen-bond acceptors (Lipinski definition) is 2. The highest BCUT2D eigenvalue weighted by Gasteiger charge is 2.10. The van der Waals surface area contributed by atoms with Crippen LogP contribution in [0.3, 0.4) is 0 Å². The second kappa shape index (κ2) is 6.55. The molecule has 3 nitrogen and oxygen atoms in total. The molecule has 1 rings (SSSR count). The summed E-state index contributed by atoms with van der Waals surface area (Å²) in [6.45, 7) is 9.32. The summed E-state index contributed by atoms with van der Waals surface area (Å²) in [7, 11) is 1.85. The lowest BCUT2D eigenvalue weighted by Gasteiger charge is -2.19. The first-order valence-corrected chi connectivity index (χ1v) is 6.43. The predicted octanol–water partition coefficient (Wildman–Crippen LogP) is 2.26. The zero-order chi connectivity index (χ0) is 13.7. The Morgan fingerprint density at radius 2 is 2.00 bits per heavy atom. The van der Waals surface area contributed by atoms with Gasteiger partial charge in [-0.3, -0.25) is 4.79 Å². The number of aryl methyl sites for hydroxylation is 2. The molecule has 3 heteroatoms. The van der Waals surface area contributed by atoms with Gasteiger partial charge >= 0.3 is 0 Å². The Kier molecular flexibility index (Phi) is 5.35. The first-order chi connectivity index (χ1) is 8.40. The maximum absolute atomic E-state index is 11.9. The molecule has 0 saturated heterocycles. The van der Waals surface area contributed by atoms with Crippen LogP contribution in [-0.2, 0) is 11.3 Å². The van der Waals surface area contributed by atoms with E-state index in [4.69, 9.17) is 0 Å². The van der Waals surface area contributed by atoms with Gasteiger partial charge in [0, 0.05) is 19.6 Å². The molecule has 0 aliphatic rings. The Morgan fingerprint density at radius 1 is 1.33 bits per heavy atom. The van der Waals surface area contributed by atoms with Gasteiger partial charge in [0.1, 0.15) is 0 Å². The molecule has 0 bridgehead atoms. The molecule has 1 amide bonds. The van der Waals surface area contributed by atoms with Gasteiger partial charge in [0.05, 0.1) is 6.54 Å². The summed E-state index contributed by atoms with van der Waals surface area (Å²) in [5, 5.41) is 3.14. The summed E-state index contributed by atoms with van der Waals surface area (Å²) < 4.78 is 0. The zero-order valence-electron chi connectivity index (χ0n) is 12.1. The number of nitrogens with zero attached hydrogens (tertiary/aromatic N) is 1. The number of rotatable bonds is 5. The molecular weight excluding hydrogens is 224 g/mol. The molecule has 0 fully saturated rings. The zero-order valence-corrected chi connectivity index (χ0v) is 12.1. The van der Waals surface area contributed by atoms with Crippen LogP contribution in [-0.4, -0.2) is 30.4 Å². The van der Waals surface area contributed by atoms with Crippen molar-refractivity contribution in [1.29, 1.82) is 0 Å². The lowest BCUT2D eigenvalue weighted by molar-refractivity contribution is -0.129. The van der Waals surface area contributed by atoms with Gasteiger partial charge in [-0.25, -0.2) is 0 Å². The summed E-state index contributed by atoms with van der Waals surface area (Å²) in [4.78, 5) is 13.7. The molecule has 0 atom stereocenters. The second-order valence-corrected chi connectivity index (χ2v) is 5.22. The molecule has 0 spiro atoms. The van der Waals surface area contributed by atoms with E-state index in [0.717, 1.165) is 0 Å². The van der Waals surface area contributed by atoms with Crippen LogP contribution in [0.4, 0.5) is 0 Å². The van der Waals surface area contributed by atoms with Crippen LogP contribution < -0.4 is 5.32 Å².